The molecule has 0 atom stereocenters. The molecule has 0 aliphatic carbocycles. The highest BCUT2D eigenvalue weighted by Crippen LogP contribution is 2.20. The van der Waals surface area contributed by atoms with Gasteiger partial charge >= 0.3 is 11.9 Å². The molecule has 1 heterocycles. The smallest absolute Gasteiger partial charge is 0.357 e. The summed E-state index contributed by atoms with van der Waals surface area (Å²) in [6.07, 6.45) is 0. The Morgan fingerprint density at radius 1 is 1.30 bits per heavy atom. The van der Waals surface area contributed by atoms with E-state index in [9.17, 15) is 9.59 Å². The van der Waals surface area contributed by atoms with E-state index in [2.05, 4.69) is 9.84 Å². The van der Waals surface area contributed by atoms with Crippen LogP contribution in [0.25, 0.3) is 5.69 Å². The monoisotopic (exact) mass is 294 g/mol. The van der Waals surface area contributed by atoms with Crippen LogP contribution in [0.5, 0.6) is 0 Å². The van der Waals surface area contributed by atoms with E-state index in [1.807, 2.05) is 0 Å². The van der Waals surface area contributed by atoms with Crippen molar-refractivity contribution in [2.75, 3.05) is 7.11 Å². The van der Waals surface area contributed by atoms with Gasteiger partial charge in [0.15, 0.2) is 5.69 Å². The fraction of sp³-hybridized carbons (Fsp3) is 0.154. The third-order valence-electron chi connectivity index (χ3n) is 2.78. The SMILES string of the molecule is COC(=O)c1c(C(=O)O)nn(-c2ccc(Cl)cc2)c1C. The lowest BCUT2D eigenvalue weighted by atomic mass is 10.2. The average Bonchev–Trinajstić information content (AvgIpc) is 2.77. The number of aromatic carboxylic acids is 1. The predicted molar refractivity (Wildman–Crippen MR) is 71.6 cm³/mol. The number of esters is 1. The van der Waals surface area contributed by atoms with Crippen LogP contribution in [0.4, 0.5) is 0 Å². The Morgan fingerprint density at radius 2 is 1.90 bits per heavy atom. The molecule has 2 aromatic rings. The molecule has 6 nitrogen and oxygen atoms in total. The Hall–Kier alpha value is -2.34. The lowest BCUT2D eigenvalue weighted by molar-refractivity contribution is 0.0581. The van der Waals surface area contributed by atoms with Crippen molar-refractivity contribution in [1.29, 1.82) is 0 Å². The van der Waals surface area contributed by atoms with Gasteiger partial charge in [0.1, 0.15) is 5.56 Å². The fourth-order valence-electron chi connectivity index (χ4n) is 1.83. The molecule has 2 rings (SSSR count). The Kier molecular flexibility index (Phi) is 3.76. The fourth-order valence-corrected chi connectivity index (χ4v) is 1.96. The second-order valence-electron chi connectivity index (χ2n) is 3.99. The number of halogens is 1. The maximum atomic E-state index is 11.7. The molecular formula is C13H11ClN2O4. The van der Waals surface area contributed by atoms with Gasteiger partial charge in [-0.3, -0.25) is 0 Å². The quantitative estimate of drug-likeness (QED) is 0.879. The molecule has 1 N–H and O–H groups in total. The zero-order valence-corrected chi connectivity index (χ0v) is 11.5. The van der Waals surface area contributed by atoms with Crippen molar-refractivity contribution in [1.82, 2.24) is 9.78 Å². The number of carboxylic acids is 1. The third kappa shape index (κ3) is 2.37. The number of ether oxygens (including phenoxy) is 1. The molecule has 104 valence electrons. The molecule has 0 radical (unpaired) electrons. The summed E-state index contributed by atoms with van der Waals surface area (Å²) in [5.41, 5.74) is 0.584. The van der Waals surface area contributed by atoms with Gasteiger partial charge in [0, 0.05) is 5.02 Å². The number of carbonyl (C=O) groups excluding carboxylic acids is 1. The van der Waals surface area contributed by atoms with Crippen LogP contribution in [0.15, 0.2) is 24.3 Å². The minimum atomic E-state index is -1.29. The molecule has 0 saturated carbocycles. The van der Waals surface area contributed by atoms with E-state index in [1.54, 1.807) is 31.2 Å². The first-order chi connectivity index (χ1) is 9.45. The van der Waals surface area contributed by atoms with Crippen LogP contribution >= 0.6 is 11.6 Å². The first kappa shape index (κ1) is 14.1. The van der Waals surface area contributed by atoms with E-state index in [0.29, 0.717) is 16.4 Å². The number of aromatic nitrogens is 2. The van der Waals surface area contributed by atoms with Crippen LogP contribution < -0.4 is 0 Å². The summed E-state index contributed by atoms with van der Waals surface area (Å²) in [5.74, 6) is -2.03. The highest BCUT2D eigenvalue weighted by molar-refractivity contribution is 6.30. The molecule has 0 aliphatic rings. The topological polar surface area (TPSA) is 81.4 Å². The number of carbonyl (C=O) groups is 2. The summed E-state index contributed by atoms with van der Waals surface area (Å²) < 4.78 is 5.97. The van der Waals surface area contributed by atoms with Crippen LogP contribution in [0, 0.1) is 6.92 Å². The molecule has 0 aliphatic heterocycles. The summed E-state index contributed by atoms with van der Waals surface area (Å²) in [5, 5.41) is 13.6. The van der Waals surface area contributed by atoms with Gasteiger partial charge in [-0.05, 0) is 31.2 Å². The Balaban J connectivity index is 2.64. The van der Waals surface area contributed by atoms with E-state index in [-0.39, 0.29) is 11.3 Å². The molecule has 0 amide bonds. The van der Waals surface area contributed by atoms with Crippen LogP contribution in [0.2, 0.25) is 5.02 Å². The van der Waals surface area contributed by atoms with E-state index in [4.69, 9.17) is 16.7 Å². The van der Waals surface area contributed by atoms with Gasteiger partial charge in [-0.25, -0.2) is 14.3 Å². The molecule has 1 aromatic carbocycles. The number of hydrogen-bond donors (Lipinski definition) is 1. The average molecular weight is 295 g/mol. The summed E-state index contributed by atoms with van der Waals surface area (Å²) in [6.45, 7) is 1.60. The first-order valence-electron chi connectivity index (χ1n) is 5.63. The molecule has 0 spiro atoms. The van der Waals surface area contributed by atoms with Gasteiger partial charge in [0.05, 0.1) is 18.5 Å². The normalized spacial score (nSPS) is 10.3. The van der Waals surface area contributed by atoms with E-state index in [1.165, 1.54) is 11.8 Å². The van der Waals surface area contributed by atoms with Crippen molar-refractivity contribution in [2.24, 2.45) is 0 Å². The van der Waals surface area contributed by atoms with Crippen molar-refractivity contribution < 1.29 is 19.4 Å². The van der Waals surface area contributed by atoms with E-state index < -0.39 is 11.9 Å². The maximum absolute atomic E-state index is 11.7. The van der Waals surface area contributed by atoms with Crippen LogP contribution in [0.3, 0.4) is 0 Å². The summed E-state index contributed by atoms with van der Waals surface area (Å²) in [4.78, 5) is 22.9. The lowest BCUT2D eigenvalue weighted by Crippen LogP contribution is -2.09. The molecule has 20 heavy (non-hydrogen) atoms. The number of nitrogens with zero attached hydrogens (tertiary/aromatic N) is 2. The zero-order valence-electron chi connectivity index (χ0n) is 10.8. The first-order valence-corrected chi connectivity index (χ1v) is 6.00. The third-order valence-corrected chi connectivity index (χ3v) is 3.03. The second-order valence-corrected chi connectivity index (χ2v) is 4.43. The molecular weight excluding hydrogens is 284 g/mol. The van der Waals surface area contributed by atoms with Crippen LogP contribution in [0.1, 0.15) is 26.5 Å². The molecule has 7 heteroatoms. The molecule has 1 aromatic heterocycles. The number of methoxy groups -OCH3 is 1. The van der Waals surface area contributed by atoms with Gasteiger partial charge in [-0.15, -0.1) is 0 Å². The zero-order chi connectivity index (χ0) is 14.9. The van der Waals surface area contributed by atoms with Crippen molar-refractivity contribution in [2.45, 2.75) is 6.92 Å². The number of benzene rings is 1. The Labute approximate surface area is 119 Å². The minimum Gasteiger partial charge on any atom is -0.476 e. The van der Waals surface area contributed by atoms with Gasteiger partial charge in [0.25, 0.3) is 0 Å². The highest BCUT2D eigenvalue weighted by atomic mass is 35.5. The van der Waals surface area contributed by atoms with Crippen molar-refractivity contribution in [3.8, 4) is 5.69 Å². The summed E-state index contributed by atoms with van der Waals surface area (Å²) in [7, 11) is 1.19. The van der Waals surface area contributed by atoms with Crippen molar-refractivity contribution >= 4 is 23.5 Å². The standard InChI is InChI=1S/C13H11ClN2O4/c1-7-10(13(19)20-2)11(12(17)18)15-16(7)9-5-3-8(14)4-6-9/h3-6H,1-2H3,(H,17,18). The largest absolute Gasteiger partial charge is 0.476 e. The highest BCUT2D eigenvalue weighted by Gasteiger charge is 2.26. The van der Waals surface area contributed by atoms with Gasteiger partial charge in [-0.1, -0.05) is 11.6 Å². The molecule has 0 fully saturated rings. The van der Waals surface area contributed by atoms with Gasteiger partial charge in [0.2, 0.25) is 0 Å². The predicted octanol–water partition coefficient (Wildman–Crippen LogP) is 2.32. The van der Waals surface area contributed by atoms with E-state index >= 15 is 0 Å². The van der Waals surface area contributed by atoms with Gasteiger partial charge < -0.3 is 9.84 Å². The number of hydrogen-bond acceptors (Lipinski definition) is 4. The summed E-state index contributed by atoms with van der Waals surface area (Å²) in [6, 6.07) is 6.65. The number of rotatable bonds is 3. The van der Waals surface area contributed by atoms with E-state index in [0.717, 1.165) is 0 Å². The van der Waals surface area contributed by atoms with Crippen molar-refractivity contribution in [3.05, 3.63) is 46.2 Å². The minimum absolute atomic E-state index is 0.0602. The molecule has 0 saturated heterocycles. The summed E-state index contributed by atoms with van der Waals surface area (Å²) >= 11 is 5.80. The maximum Gasteiger partial charge on any atom is 0.357 e. The van der Waals surface area contributed by atoms with Crippen LogP contribution in [-0.2, 0) is 4.74 Å². The second kappa shape index (κ2) is 5.34. The van der Waals surface area contributed by atoms with Crippen molar-refractivity contribution in [3.63, 3.8) is 0 Å². The number of carboxylic acid groups (broad SMARTS) is 1. The van der Waals surface area contributed by atoms with Gasteiger partial charge in [-0.2, -0.15) is 5.10 Å². The Morgan fingerprint density at radius 3 is 2.40 bits per heavy atom. The molecule has 0 bridgehead atoms. The molecule has 0 unspecified atom stereocenters. The van der Waals surface area contributed by atoms with Crippen LogP contribution in [-0.4, -0.2) is 33.9 Å². The lowest BCUT2D eigenvalue weighted by Gasteiger charge is -2.04. The Bertz CT molecular complexity index is 676.